The zero-order chi connectivity index (χ0) is 15.2. The number of nitrogens with one attached hydrogen (secondary N) is 1. The average molecular weight is 286 g/mol. The van der Waals surface area contributed by atoms with Crippen molar-refractivity contribution < 1.29 is 17.9 Å². The topological polar surface area (TPSA) is 45.0 Å². The minimum atomic E-state index is -4.12. The molecule has 110 valence electrons. The fourth-order valence-electron chi connectivity index (χ4n) is 1.87. The quantitative estimate of drug-likeness (QED) is 0.856. The molecule has 0 aromatic heterocycles. The first-order valence-electron chi connectivity index (χ1n) is 6.27. The Morgan fingerprint density at radius 1 is 1.40 bits per heavy atom. The third-order valence-electron chi connectivity index (χ3n) is 2.85. The number of ether oxygens (including phenoxy) is 1. The molecular formula is C14H17F3N2O. The number of rotatable bonds is 6. The number of hydrogen-bond acceptors (Lipinski definition) is 3. The van der Waals surface area contributed by atoms with E-state index in [2.05, 4.69) is 5.32 Å². The van der Waals surface area contributed by atoms with Crippen molar-refractivity contribution in [3.05, 3.63) is 23.8 Å². The summed E-state index contributed by atoms with van der Waals surface area (Å²) in [6.45, 7) is 1.78. The molecule has 0 aliphatic carbocycles. The molecule has 20 heavy (non-hydrogen) atoms. The normalized spacial score (nSPS) is 12.6. The van der Waals surface area contributed by atoms with E-state index in [0.717, 1.165) is 0 Å². The Kier molecular flexibility index (Phi) is 5.68. The predicted molar refractivity (Wildman–Crippen MR) is 70.7 cm³/mol. The summed E-state index contributed by atoms with van der Waals surface area (Å²) in [5.74, 6) is 0.506. The van der Waals surface area contributed by atoms with Gasteiger partial charge in [0.15, 0.2) is 0 Å². The molecule has 0 amide bonds. The lowest BCUT2D eigenvalue weighted by Gasteiger charge is -2.18. The molecule has 0 bridgehead atoms. The summed E-state index contributed by atoms with van der Waals surface area (Å²) >= 11 is 0. The third kappa shape index (κ3) is 5.00. The fourth-order valence-corrected chi connectivity index (χ4v) is 1.87. The molecule has 1 aromatic rings. The number of anilines is 1. The van der Waals surface area contributed by atoms with E-state index in [1.807, 2.05) is 6.07 Å². The van der Waals surface area contributed by atoms with E-state index < -0.39 is 12.6 Å². The van der Waals surface area contributed by atoms with Crippen LogP contribution in [0.4, 0.5) is 18.9 Å². The van der Waals surface area contributed by atoms with Crippen LogP contribution < -0.4 is 10.1 Å². The van der Waals surface area contributed by atoms with Gasteiger partial charge in [-0.05, 0) is 31.9 Å². The number of nitriles is 1. The first-order valence-corrected chi connectivity index (χ1v) is 6.27. The molecule has 0 fully saturated rings. The Morgan fingerprint density at radius 3 is 2.65 bits per heavy atom. The lowest BCUT2D eigenvalue weighted by molar-refractivity contribution is -0.135. The van der Waals surface area contributed by atoms with E-state index in [1.165, 1.54) is 7.11 Å². The van der Waals surface area contributed by atoms with E-state index in [9.17, 15) is 13.2 Å². The first-order chi connectivity index (χ1) is 9.37. The Morgan fingerprint density at radius 2 is 2.10 bits per heavy atom. The van der Waals surface area contributed by atoms with Crippen LogP contribution >= 0.6 is 0 Å². The van der Waals surface area contributed by atoms with Crippen molar-refractivity contribution in [1.82, 2.24) is 0 Å². The second kappa shape index (κ2) is 7.04. The van der Waals surface area contributed by atoms with Crippen LogP contribution in [-0.2, 0) is 0 Å². The molecule has 1 unspecified atom stereocenters. The van der Waals surface area contributed by atoms with Gasteiger partial charge in [-0.25, -0.2) is 0 Å². The molecule has 0 aliphatic heterocycles. The van der Waals surface area contributed by atoms with Gasteiger partial charge in [-0.2, -0.15) is 18.4 Å². The van der Waals surface area contributed by atoms with Crippen LogP contribution in [0, 0.1) is 11.3 Å². The Hall–Kier alpha value is -1.90. The number of methoxy groups -OCH3 is 1. The van der Waals surface area contributed by atoms with Gasteiger partial charge in [-0.3, -0.25) is 0 Å². The number of benzene rings is 1. The lowest BCUT2D eigenvalue weighted by atomic mass is 10.1. The van der Waals surface area contributed by atoms with Crippen LogP contribution in [0.5, 0.6) is 5.75 Å². The molecule has 0 saturated heterocycles. The second-order valence-corrected chi connectivity index (χ2v) is 4.55. The SMILES string of the molecule is COc1cccc(C#N)c1NC(C)CCCC(F)(F)F. The van der Waals surface area contributed by atoms with Gasteiger partial charge in [0, 0.05) is 12.5 Å². The van der Waals surface area contributed by atoms with Gasteiger partial charge in [0.1, 0.15) is 11.8 Å². The second-order valence-electron chi connectivity index (χ2n) is 4.55. The van der Waals surface area contributed by atoms with Crippen molar-refractivity contribution in [3.63, 3.8) is 0 Å². The fraction of sp³-hybridized carbons (Fsp3) is 0.500. The third-order valence-corrected chi connectivity index (χ3v) is 2.85. The van der Waals surface area contributed by atoms with Gasteiger partial charge in [0.2, 0.25) is 0 Å². The molecule has 0 radical (unpaired) electrons. The van der Waals surface area contributed by atoms with Crippen molar-refractivity contribution in [2.75, 3.05) is 12.4 Å². The van der Waals surface area contributed by atoms with Crippen LogP contribution in [0.2, 0.25) is 0 Å². The molecule has 3 nitrogen and oxygen atoms in total. The van der Waals surface area contributed by atoms with Crippen molar-refractivity contribution in [1.29, 1.82) is 5.26 Å². The van der Waals surface area contributed by atoms with E-state index in [-0.39, 0.29) is 12.5 Å². The van der Waals surface area contributed by atoms with Gasteiger partial charge in [-0.15, -0.1) is 0 Å². The van der Waals surface area contributed by atoms with Gasteiger partial charge in [0.25, 0.3) is 0 Å². The van der Waals surface area contributed by atoms with Crippen molar-refractivity contribution >= 4 is 5.69 Å². The molecule has 1 atom stereocenters. The van der Waals surface area contributed by atoms with Gasteiger partial charge >= 0.3 is 6.18 Å². The molecular weight excluding hydrogens is 269 g/mol. The zero-order valence-corrected chi connectivity index (χ0v) is 11.4. The minimum absolute atomic E-state index is 0.0503. The molecule has 1 aromatic carbocycles. The lowest BCUT2D eigenvalue weighted by Crippen LogP contribution is -2.18. The largest absolute Gasteiger partial charge is 0.495 e. The number of nitrogens with zero attached hydrogens (tertiary/aromatic N) is 1. The molecule has 1 N–H and O–H groups in total. The van der Waals surface area contributed by atoms with Gasteiger partial charge < -0.3 is 10.1 Å². The van der Waals surface area contributed by atoms with Crippen molar-refractivity contribution in [2.45, 2.75) is 38.4 Å². The Labute approximate surface area is 116 Å². The summed E-state index contributed by atoms with van der Waals surface area (Å²) in [6.07, 6.45) is -4.50. The van der Waals surface area contributed by atoms with Crippen LogP contribution in [0.25, 0.3) is 0 Å². The first kappa shape index (κ1) is 16.2. The highest BCUT2D eigenvalue weighted by atomic mass is 19.4. The molecule has 0 aliphatic rings. The maximum Gasteiger partial charge on any atom is 0.389 e. The summed E-state index contributed by atoms with van der Waals surface area (Å²) in [6, 6.07) is 6.88. The van der Waals surface area contributed by atoms with E-state index in [4.69, 9.17) is 10.00 Å². The Balaban J connectivity index is 2.66. The van der Waals surface area contributed by atoms with Crippen molar-refractivity contribution in [3.8, 4) is 11.8 Å². The highest BCUT2D eigenvalue weighted by Gasteiger charge is 2.26. The van der Waals surface area contributed by atoms with Crippen LogP contribution in [0.1, 0.15) is 31.7 Å². The summed E-state index contributed by atoms with van der Waals surface area (Å²) in [7, 11) is 1.48. The maximum atomic E-state index is 12.1. The summed E-state index contributed by atoms with van der Waals surface area (Å²) < 4.78 is 41.4. The molecule has 0 heterocycles. The minimum Gasteiger partial charge on any atom is -0.495 e. The van der Waals surface area contributed by atoms with E-state index in [1.54, 1.807) is 25.1 Å². The van der Waals surface area contributed by atoms with Gasteiger partial charge in [-0.1, -0.05) is 6.07 Å². The Bertz CT molecular complexity index is 480. The number of hydrogen-bond donors (Lipinski definition) is 1. The average Bonchev–Trinajstić information content (AvgIpc) is 2.37. The standard InChI is InChI=1S/C14H17F3N2O/c1-10(5-4-8-14(15,16)17)19-13-11(9-18)6-3-7-12(13)20-2/h3,6-7,10,19H,4-5,8H2,1-2H3. The number of halogens is 3. The van der Waals surface area contributed by atoms with E-state index >= 15 is 0 Å². The number of para-hydroxylation sites is 1. The van der Waals surface area contributed by atoms with E-state index in [0.29, 0.717) is 23.4 Å². The summed E-state index contributed by atoms with van der Waals surface area (Å²) in [4.78, 5) is 0. The monoisotopic (exact) mass is 286 g/mol. The van der Waals surface area contributed by atoms with Crippen molar-refractivity contribution in [2.24, 2.45) is 0 Å². The molecule has 1 rings (SSSR count). The highest BCUT2D eigenvalue weighted by Crippen LogP contribution is 2.29. The smallest absolute Gasteiger partial charge is 0.389 e. The van der Waals surface area contributed by atoms with Crippen LogP contribution in [0.3, 0.4) is 0 Å². The predicted octanol–water partition coefficient (Wildman–Crippen LogP) is 4.10. The molecule has 0 spiro atoms. The van der Waals surface area contributed by atoms with Crippen LogP contribution in [0.15, 0.2) is 18.2 Å². The molecule has 0 saturated carbocycles. The van der Waals surface area contributed by atoms with Gasteiger partial charge in [0.05, 0.1) is 18.4 Å². The number of alkyl halides is 3. The van der Waals surface area contributed by atoms with Crippen LogP contribution in [-0.4, -0.2) is 19.3 Å². The highest BCUT2D eigenvalue weighted by molar-refractivity contribution is 5.66. The summed E-state index contributed by atoms with van der Waals surface area (Å²) in [5.41, 5.74) is 0.934. The maximum absolute atomic E-state index is 12.1. The summed E-state index contributed by atoms with van der Waals surface area (Å²) in [5, 5.41) is 12.1. The zero-order valence-electron chi connectivity index (χ0n) is 11.4. The molecule has 6 heteroatoms.